The van der Waals surface area contributed by atoms with Crippen LogP contribution >= 0.6 is 0 Å². The molecule has 0 aliphatic carbocycles. The van der Waals surface area contributed by atoms with E-state index in [1.54, 1.807) is 21.2 Å². The average Bonchev–Trinajstić information content (AvgIpc) is 2.47. The Balaban J connectivity index is 2.45. The van der Waals surface area contributed by atoms with Gasteiger partial charge in [-0.25, -0.2) is 4.79 Å². The largest absolute Gasteiger partial charge is 0.493 e. The van der Waals surface area contributed by atoms with Gasteiger partial charge in [-0.15, -0.1) is 0 Å². The molecule has 1 rings (SSSR count). The van der Waals surface area contributed by atoms with Crippen LogP contribution in [0.25, 0.3) is 0 Å². The Morgan fingerprint density at radius 2 is 2.05 bits per heavy atom. The van der Waals surface area contributed by atoms with Crippen molar-refractivity contribution < 1.29 is 14.3 Å². The molecular weight excluding hydrogens is 270 g/mol. The van der Waals surface area contributed by atoms with Gasteiger partial charge in [0.2, 0.25) is 0 Å². The second-order valence-electron chi connectivity index (χ2n) is 4.68. The van der Waals surface area contributed by atoms with Crippen LogP contribution in [0.1, 0.15) is 12.5 Å². The number of para-hydroxylation sites is 1. The highest BCUT2D eigenvalue weighted by Gasteiger charge is 2.09. The maximum absolute atomic E-state index is 11.3. The van der Waals surface area contributed by atoms with Crippen LogP contribution < -0.4 is 20.1 Å². The van der Waals surface area contributed by atoms with E-state index in [4.69, 9.17) is 9.47 Å². The van der Waals surface area contributed by atoms with Crippen molar-refractivity contribution in [3.05, 3.63) is 23.8 Å². The van der Waals surface area contributed by atoms with Crippen LogP contribution in [0.2, 0.25) is 0 Å². The van der Waals surface area contributed by atoms with E-state index in [-0.39, 0.29) is 6.03 Å². The van der Waals surface area contributed by atoms with Gasteiger partial charge in [0.05, 0.1) is 13.7 Å². The van der Waals surface area contributed by atoms with Crippen molar-refractivity contribution in [2.75, 3.05) is 40.9 Å². The van der Waals surface area contributed by atoms with Gasteiger partial charge >= 0.3 is 6.03 Å². The van der Waals surface area contributed by atoms with Gasteiger partial charge in [0.15, 0.2) is 11.5 Å². The molecule has 0 bridgehead atoms. The zero-order valence-electron chi connectivity index (χ0n) is 13.2. The lowest BCUT2D eigenvalue weighted by Gasteiger charge is -2.15. The molecule has 0 heterocycles. The van der Waals surface area contributed by atoms with E-state index in [9.17, 15) is 4.79 Å². The summed E-state index contributed by atoms with van der Waals surface area (Å²) in [5.74, 6) is 1.50. The number of methoxy groups -OCH3 is 1. The predicted octanol–water partition coefficient (Wildman–Crippen LogP) is 1.45. The second-order valence-corrected chi connectivity index (χ2v) is 4.68. The molecule has 0 saturated heterocycles. The number of benzene rings is 1. The summed E-state index contributed by atoms with van der Waals surface area (Å²) in [6.45, 7) is 4.45. The minimum Gasteiger partial charge on any atom is -0.493 e. The van der Waals surface area contributed by atoms with E-state index in [0.29, 0.717) is 26.2 Å². The van der Waals surface area contributed by atoms with Gasteiger partial charge in [0.25, 0.3) is 0 Å². The Morgan fingerprint density at radius 1 is 1.29 bits per heavy atom. The molecule has 1 aromatic carbocycles. The summed E-state index contributed by atoms with van der Waals surface area (Å²) >= 11 is 0. The maximum atomic E-state index is 11.3. The molecule has 0 aliphatic rings. The monoisotopic (exact) mass is 295 g/mol. The molecule has 0 unspecified atom stereocenters. The van der Waals surface area contributed by atoms with E-state index >= 15 is 0 Å². The average molecular weight is 295 g/mol. The minimum absolute atomic E-state index is 0.0901. The maximum Gasteiger partial charge on any atom is 0.316 e. The Kier molecular flexibility index (Phi) is 7.39. The third-order valence-corrected chi connectivity index (χ3v) is 2.86. The molecule has 2 amide bonds. The molecule has 0 atom stereocenters. The zero-order valence-corrected chi connectivity index (χ0v) is 13.2. The van der Waals surface area contributed by atoms with Crippen LogP contribution in [0, 0.1) is 0 Å². The van der Waals surface area contributed by atoms with Gasteiger partial charge in [-0.05, 0) is 13.0 Å². The highest BCUT2D eigenvalue weighted by molar-refractivity contribution is 5.73. The molecule has 0 fully saturated rings. The summed E-state index contributed by atoms with van der Waals surface area (Å²) in [5, 5.41) is 6.07. The van der Waals surface area contributed by atoms with Crippen molar-refractivity contribution in [3.63, 3.8) is 0 Å². The van der Waals surface area contributed by atoms with E-state index < -0.39 is 0 Å². The van der Waals surface area contributed by atoms with Crippen molar-refractivity contribution >= 4 is 6.03 Å². The van der Waals surface area contributed by atoms with E-state index in [0.717, 1.165) is 17.1 Å². The molecule has 2 N–H and O–H groups in total. The molecule has 118 valence electrons. The first-order chi connectivity index (χ1) is 10.1. The Bertz CT molecular complexity index is 450. The number of urea groups is 1. The van der Waals surface area contributed by atoms with Crippen molar-refractivity contribution in [3.8, 4) is 11.5 Å². The Labute approximate surface area is 126 Å². The van der Waals surface area contributed by atoms with Crippen LogP contribution in [-0.2, 0) is 6.54 Å². The molecule has 0 aromatic heterocycles. The fraction of sp³-hybridized carbons (Fsp3) is 0.533. The zero-order chi connectivity index (χ0) is 15.7. The van der Waals surface area contributed by atoms with Crippen LogP contribution in [0.5, 0.6) is 11.5 Å². The number of hydrogen-bond acceptors (Lipinski definition) is 4. The van der Waals surface area contributed by atoms with E-state index in [1.165, 1.54) is 4.90 Å². The van der Waals surface area contributed by atoms with Crippen molar-refractivity contribution in [1.29, 1.82) is 0 Å². The number of ether oxygens (including phenoxy) is 2. The molecule has 1 aromatic rings. The SMILES string of the molecule is CCOc1cccc(CNCCNC(=O)N(C)C)c1OC. The molecule has 0 radical (unpaired) electrons. The number of carbonyl (C=O) groups excluding carboxylic acids is 1. The number of nitrogens with one attached hydrogen (secondary N) is 2. The van der Waals surface area contributed by atoms with Crippen LogP contribution in [0.15, 0.2) is 18.2 Å². The van der Waals surface area contributed by atoms with Gasteiger partial charge < -0.3 is 25.0 Å². The highest BCUT2D eigenvalue weighted by Crippen LogP contribution is 2.30. The Hall–Kier alpha value is -1.95. The van der Waals surface area contributed by atoms with E-state index in [1.807, 2.05) is 25.1 Å². The molecule has 0 saturated carbocycles. The van der Waals surface area contributed by atoms with Gasteiger partial charge in [0, 0.05) is 39.3 Å². The molecular formula is C15H25N3O3. The quantitative estimate of drug-likeness (QED) is 0.713. The summed E-state index contributed by atoms with van der Waals surface area (Å²) in [7, 11) is 5.07. The van der Waals surface area contributed by atoms with Gasteiger partial charge in [-0.2, -0.15) is 0 Å². The summed E-state index contributed by atoms with van der Waals surface area (Å²) in [6, 6.07) is 5.74. The first-order valence-corrected chi connectivity index (χ1v) is 7.04. The summed E-state index contributed by atoms with van der Waals surface area (Å²) in [6.07, 6.45) is 0. The van der Waals surface area contributed by atoms with Crippen LogP contribution in [0.3, 0.4) is 0 Å². The third kappa shape index (κ3) is 5.51. The minimum atomic E-state index is -0.0901. The van der Waals surface area contributed by atoms with Crippen molar-refractivity contribution in [2.24, 2.45) is 0 Å². The standard InChI is InChI=1S/C15H25N3O3/c1-5-21-13-8-6-7-12(14(13)20-4)11-16-9-10-17-15(19)18(2)3/h6-8,16H,5,9-11H2,1-4H3,(H,17,19). The fourth-order valence-corrected chi connectivity index (χ4v) is 1.84. The van der Waals surface area contributed by atoms with Crippen molar-refractivity contribution in [2.45, 2.75) is 13.5 Å². The molecule has 6 nitrogen and oxygen atoms in total. The molecule has 6 heteroatoms. The lowest BCUT2D eigenvalue weighted by atomic mass is 10.2. The first kappa shape index (κ1) is 17.1. The molecule has 0 aliphatic heterocycles. The smallest absolute Gasteiger partial charge is 0.316 e. The first-order valence-electron chi connectivity index (χ1n) is 7.04. The number of amides is 2. The van der Waals surface area contributed by atoms with E-state index in [2.05, 4.69) is 10.6 Å². The predicted molar refractivity (Wildman–Crippen MR) is 83.0 cm³/mol. The molecule has 21 heavy (non-hydrogen) atoms. The topological polar surface area (TPSA) is 62.8 Å². The summed E-state index contributed by atoms with van der Waals surface area (Å²) in [4.78, 5) is 12.9. The Morgan fingerprint density at radius 3 is 2.67 bits per heavy atom. The number of carbonyl (C=O) groups is 1. The van der Waals surface area contributed by atoms with Gasteiger partial charge in [0.1, 0.15) is 0 Å². The second kappa shape index (κ2) is 9.07. The summed E-state index contributed by atoms with van der Waals surface area (Å²) in [5.41, 5.74) is 1.03. The highest BCUT2D eigenvalue weighted by atomic mass is 16.5. The van der Waals surface area contributed by atoms with Crippen molar-refractivity contribution in [1.82, 2.24) is 15.5 Å². The number of hydrogen-bond donors (Lipinski definition) is 2. The molecule has 0 spiro atoms. The normalized spacial score (nSPS) is 10.1. The number of rotatable bonds is 8. The lowest BCUT2D eigenvalue weighted by molar-refractivity contribution is 0.217. The summed E-state index contributed by atoms with van der Waals surface area (Å²) < 4.78 is 11.0. The third-order valence-electron chi connectivity index (χ3n) is 2.86. The van der Waals surface area contributed by atoms with Gasteiger partial charge in [-0.3, -0.25) is 0 Å². The number of nitrogens with zero attached hydrogens (tertiary/aromatic N) is 1. The fourth-order valence-electron chi connectivity index (χ4n) is 1.84. The lowest BCUT2D eigenvalue weighted by Crippen LogP contribution is -2.38. The van der Waals surface area contributed by atoms with Crippen LogP contribution in [-0.4, -0.2) is 51.8 Å². The van der Waals surface area contributed by atoms with Gasteiger partial charge in [-0.1, -0.05) is 12.1 Å². The van der Waals surface area contributed by atoms with Crippen LogP contribution in [0.4, 0.5) is 4.79 Å².